The molecule has 2 aromatic carbocycles. The lowest BCUT2D eigenvalue weighted by Gasteiger charge is -2.38. The van der Waals surface area contributed by atoms with Crippen LogP contribution in [-0.4, -0.2) is 42.6 Å². The summed E-state index contributed by atoms with van der Waals surface area (Å²) >= 11 is 0. The number of nitrogens with zero attached hydrogens (tertiary/aromatic N) is 3. The van der Waals surface area contributed by atoms with E-state index in [0.29, 0.717) is 23.7 Å². The van der Waals surface area contributed by atoms with Crippen LogP contribution in [0.15, 0.2) is 77.9 Å². The van der Waals surface area contributed by atoms with E-state index in [1.165, 1.54) is 5.56 Å². The quantitative estimate of drug-likeness (QED) is 0.624. The summed E-state index contributed by atoms with van der Waals surface area (Å²) in [6.07, 6.45) is 2.55. The van der Waals surface area contributed by atoms with E-state index in [2.05, 4.69) is 22.3 Å². The molecule has 7 nitrogen and oxygen atoms in total. The van der Waals surface area contributed by atoms with Gasteiger partial charge in [-0.3, -0.25) is 9.80 Å². The van der Waals surface area contributed by atoms with E-state index in [1.807, 2.05) is 23.1 Å². The summed E-state index contributed by atoms with van der Waals surface area (Å²) in [4.78, 5) is 17.4. The third-order valence-electron chi connectivity index (χ3n) is 6.03. The minimum atomic E-state index is -1.02. The highest BCUT2D eigenvalue weighted by molar-refractivity contribution is 6.04. The molecule has 1 fully saturated rings. The second kappa shape index (κ2) is 7.28. The summed E-state index contributed by atoms with van der Waals surface area (Å²) in [6.45, 7) is 2.52. The van der Waals surface area contributed by atoms with Crippen molar-refractivity contribution in [3.8, 4) is 5.75 Å². The molecule has 0 radical (unpaired) electrons. The molecular formula is C23H24N4O3. The Morgan fingerprint density at radius 2 is 1.90 bits per heavy atom. The number of ether oxygens (including phenoxy) is 1. The first-order chi connectivity index (χ1) is 14.6. The molecule has 0 bridgehead atoms. The van der Waals surface area contributed by atoms with Crippen molar-refractivity contribution >= 4 is 11.6 Å². The lowest BCUT2D eigenvalue weighted by Crippen LogP contribution is -2.46. The van der Waals surface area contributed by atoms with Crippen molar-refractivity contribution in [3.63, 3.8) is 0 Å². The summed E-state index contributed by atoms with van der Waals surface area (Å²) < 4.78 is 4.16. The highest BCUT2D eigenvalue weighted by Gasteiger charge is 2.48. The van der Waals surface area contributed by atoms with E-state index in [-0.39, 0.29) is 6.67 Å². The summed E-state index contributed by atoms with van der Waals surface area (Å²) in [5.74, 6) is 0.212. The Bertz CT molecular complexity index is 1030. The first-order valence-corrected chi connectivity index (χ1v) is 10.1. The molecule has 3 aliphatic heterocycles. The van der Waals surface area contributed by atoms with Gasteiger partial charge >= 0.3 is 5.91 Å². The summed E-state index contributed by atoms with van der Waals surface area (Å²) in [7, 11) is 1.58. The van der Waals surface area contributed by atoms with Gasteiger partial charge in [0.15, 0.2) is 12.4 Å². The van der Waals surface area contributed by atoms with Crippen LogP contribution in [0.1, 0.15) is 12.0 Å². The summed E-state index contributed by atoms with van der Waals surface area (Å²) in [5, 5.41) is 16.9. The SMILES string of the molecule is COc1ccc([N+]2([O-])CN3C(=CNC4=C3CN(Cc3ccccc3)CC4)C2=O)cc1. The second-order valence-corrected chi connectivity index (χ2v) is 7.86. The Kier molecular flexibility index (Phi) is 4.58. The standard InChI is InChI=1S/C23H24N4O3/c1-30-19-9-7-18(8-10-19)27(29)16-26-21(23(27)28)13-24-20-11-12-25(15-22(20)26)14-17-5-3-2-4-6-17/h2-10,13,24H,11-12,14-16H2,1H3. The maximum atomic E-state index is 13.6. The highest BCUT2D eigenvalue weighted by Crippen LogP contribution is 2.38. The molecule has 0 saturated carbocycles. The smallest absolute Gasteiger partial charge is 0.370 e. The van der Waals surface area contributed by atoms with Crippen LogP contribution in [0.3, 0.4) is 0 Å². The van der Waals surface area contributed by atoms with Crippen LogP contribution in [0.2, 0.25) is 0 Å². The molecular weight excluding hydrogens is 380 g/mol. The van der Waals surface area contributed by atoms with Crippen LogP contribution in [0.4, 0.5) is 5.69 Å². The van der Waals surface area contributed by atoms with Crippen molar-refractivity contribution < 1.29 is 9.53 Å². The Morgan fingerprint density at radius 3 is 2.63 bits per heavy atom. The average Bonchev–Trinajstić information content (AvgIpc) is 3.06. The lowest BCUT2D eigenvalue weighted by atomic mass is 10.1. The molecule has 1 N–H and O–H groups in total. The number of methoxy groups -OCH3 is 1. The molecule has 1 unspecified atom stereocenters. The van der Waals surface area contributed by atoms with Crippen molar-refractivity contribution in [1.82, 2.24) is 19.8 Å². The molecule has 3 heterocycles. The van der Waals surface area contributed by atoms with E-state index >= 15 is 0 Å². The number of hydrogen-bond acceptors (Lipinski definition) is 6. The van der Waals surface area contributed by atoms with Gasteiger partial charge in [0, 0.05) is 50.1 Å². The van der Waals surface area contributed by atoms with Crippen molar-refractivity contribution in [1.29, 1.82) is 0 Å². The third-order valence-corrected chi connectivity index (χ3v) is 6.03. The van der Waals surface area contributed by atoms with Crippen molar-refractivity contribution in [3.05, 3.63) is 88.7 Å². The maximum absolute atomic E-state index is 13.6. The first-order valence-electron chi connectivity index (χ1n) is 10.1. The number of fused-ring (bicyclic) bond motifs is 2. The van der Waals surface area contributed by atoms with Gasteiger partial charge in [-0.15, -0.1) is 0 Å². The Hall–Kier alpha value is -3.13. The van der Waals surface area contributed by atoms with Crippen molar-refractivity contribution in [2.24, 2.45) is 0 Å². The molecule has 1 amide bonds. The van der Waals surface area contributed by atoms with Gasteiger partial charge in [-0.25, -0.2) is 9.44 Å². The van der Waals surface area contributed by atoms with E-state index in [1.54, 1.807) is 37.6 Å². The monoisotopic (exact) mass is 404 g/mol. The molecule has 30 heavy (non-hydrogen) atoms. The average molecular weight is 404 g/mol. The maximum Gasteiger partial charge on any atom is 0.370 e. The Balaban J connectivity index is 1.40. The van der Waals surface area contributed by atoms with Crippen LogP contribution in [0.25, 0.3) is 0 Å². The topological polar surface area (TPSA) is 67.9 Å². The molecule has 0 aliphatic carbocycles. The van der Waals surface area contributed by atoms with E-state index in [4.69, 9.17) is 4.74 Å². The summed E-state index contributed by atoms with van der Waals surface area (Å²) in [6, 6.07) is 17.1. The minimum Gasteiger partial charge on any atom is -0.618 e. The van der Waals surface area contributed by atoms with Gasteiger partial charge in [0.25, 0.3) is 0 Å². The third kappa shape index (κ3) is 3.08. The van der Waals surface area contributed by atoms with Crippen molar-refractivity contribution in [2.75, 3.05) is 26.9 Å². The zero-order chi connectivity index (χ0) is 20.7. The van der Waals surface area contributed by atoms with Gasteiger partial charge in [-0.2, -0.15) is 0 Å². The minimum absolute atomic E-state index is 0.0523. The fraction of sp³-hybridized carbons (Fsp3) is 0.261. The number of hydroxylamine groups is 2. The number of benzene rings is 2. The van der Waals surface area contributed by atoms with Gasteiger partial charge in [-0.05, 0) is 17.7 Å². The first kappa shape index (κ1) is 18.9. The van der Waals surface area contributed by atoms with E-state index in [0.717, 1.165) is 30.9 Å². The molecule has 0 spiro atoms. The van der Waals surface area contributed by atoms with Gasteiger partial charge in [-0.1, -0.05) is 30.3 Å². The number of rotatable bonds is 4. The van der Waals surface area contributed by atoms with Crippen LogP contribution >= 0.6 is 0 Å². The Morgan fingerprint density at radius 1 is 1.13 bits per heavy atom. The fourth-order valence-corrected chi connectivity index (χ4v) is 4.37. The van der Waals surface area contributed by atoms with Crippen LogP contribution in [-0.2, 0) is 11.3 Å². The van der Waals surface area contributed by atoms with Crippen molar-refractivity contribution in [2.45, 2.75) is 13.0 Å². The largest absolute Gasteiger partial charge is 0.618 e. The molecule has 2 aromatic rings. The normalized spacial score (nSPS) is 23.6. The number of nitrogens with one attached hydrogen (secondary N) is 1. The molecule has 1 saturated heterocycles. The van der Waals surface area contributed by atoms with Gasteiger partial charge in [0.2, 0.25) is 0 Å². The molecule has 3 aliphatic rings. The molecule has 154 valence electrons. The predicted octanol–water partition coefficient (Wildman–Crippen LogP) is 2.86. The van der Waals surface area contributed by atoms with Gasteiger partial charge < -0.3 is 15.3 Å². The van der Waals surface area contributed by atoms with E-state index < -0.39 is 10.6 Å². The second-order valence-electron chi connectivity index (χ2n) is 7.86. The zero-order valence-electron chi connectivity index (χ0n) is 16.9. The van der Waals surface area contributed by atoms with Crippen LogP contribution in [0.5, 0.6) is 5.75 Å². The van der Waals surface area contributed by atoms with Gasteiger partial charge in [0.05, 0.1) is 12.8 Å². The molecule has 5 rings (SSSR count). The molecule has 7 heteroatoms. The number of carbonyl (C=O) groups excluding carboxylic acids is 1. The predicted molar refractivity (Wildman–Crippen MR) is 114 cm³/mol. The highest BCUT2D eigenvalue weighted by atomic mass is 16.6. The van der Waals surface area contributed by atoms with Crippen LogP contribution in [0, 0.1) is 5.21 Å². The van der Waals surface area contributed by atoms with Crippen LogP contribution < -0.4 is 14.7 Å². The zero-order valence-corrected chi connectivity index (χ0v) is 16.9. The summed E-state index contributed by atoms with van der Waals surface area (Å²) in [5.41, 5.74) is 4.22. The van der Waals surface area contributed by atoms with E-state index in [9.17, 15) is 10.0 Å². The number of amides is 1. The van der Waals surface area contributed by atoms with Gasteiger partial charge in [0.1, 0.15) is 11.4 Å². The number of carbonyl (C=O) groups is 1. The Labute approximate surface area is 175 Å². The lowest BCUT2D eigenvalue weighted by molar-refractivity contribution is -0.122. The number of quaternary nitrogens is 1. The fourth-order valence-electron chi connectivity index (χ4n) is 4.37. The number of hydrogen-bond donors (Lipinski definition) is 1. The molecule has 1 atom stereocenters. The molecule has 0 aromatic heterocycles.